The Hall–Kier alpha value is -1.78. The maximum Gasteiger partial charge on any atom is 0.238 e. The number of hydrogen-bond donors (Lipinski definition) is 1. The quantitative estimate of drug-likeness (QED) is 0.915. The molecule has 1 aromatic carbocycles. The minimum absolute atomic E-state index is 0.339. The molecule has 0 aliphatic rings. The van der Waals surface area contributed by atoms with E-state index in [1.54, 1.807) is 19.4 Å². The summed E-state index contributed by atoms with van der Waals surface area (Å²) >= 11 is 6.13. The molecule has 0 saturated heterocycles. The van der Waals surface area contributed by atoms with Gasteiger partial charge >= 0.3 is 0 Å². The first-order valence-corrected chi connectivity index (χ1v) is 6.75. The van der Waals surface area contributed by atoms with E-state index in [1.807, 2.05) is 18.2 Å². The molecule has 2 N–H and O–H groups in total. The second-order valence-electron chi connectivity index (χ2n) is 4.28. The Balaban J connectivity index is 2.29. The zero-order chi connectivity index (χ0) is 14.5. The molecule has 106 valence electrons. The van der Waals surface area contributed by atoms with Crippen molar-refractivity contribution in [2.75, 3.05) is 7.11 Å². The smallest absolute Gasteiger partial charge is 0.238 e. The molecule has 0 saturated carbocycles. The highest BCUT2D eigenvalue weighted by atomic mass is 35.5. The van der Waals surface area contributed by atoms with Crippen molar-refractivity contribution in [3.8, 4) is 17.4 Å². The Kier molecular flexibility index (Phi) is 4.82. The van der Waals surface area contributed by atoms with Gasteiger partial charge in [0.2, 0.25) is 5.88 Å². The average molecular weight is 293 g/mol. The molecule has 4 nitrogen and oxygen atoms in total. The van der Waals surface area contributed by atoms with Crippen LogP contribution in [0.15, 0.2) is 30.5 Å². The first-order valence-electron chi connectivity index (χ1n) is 6.37. The number of nitrogens with zero attached hydrogens (tertiary/aromatic N) is 1. The third-order valence-corrected chi connectivity index (χ3v) is 3.21. The van der Waals surface area contributed by atoms with Crippen molar-refractivity contribution in [1.82, 2.24) is 4.98 Å². The van der Waals surface area contributed by atoms with E-state index in [0.717, 1.165) is 12.0 Å². The van der Waals surface area contributed by atoms with E-state index in [4.69, 9.17) is 26.8 Å². The van der Waals surface area contributed by atoms with Gasteiger partial charge in [-0.2, -0.15) is 0 Å². The zero-order valence-corrected chi connectivity index (χ0v) is 12.3. The van der Waals surface area contributed by atoms with Crippen LogP contribution in [-0.2, 0) is 13.0 Å². The molecule has 20 heavy (non-hydrogen) atoms. The molecular formula is C15H17ClN2O2. The van der Waals surface area contributed by atoms with E-state index in [1.165, 1.54) is 5.56 Å². The van der Waals surface area contributed by atoms with Crippen molar-refractivity contribution < 1.29 is 9.47 Å². The van der Waals surface area contributed by atoms with Gasteiger partial charge in [-0.1, -0.05) is 24.6 Å². The van der Waals surface area contributed by atoms with Gasteiger partial charge in [0.15, 0.2) is 11.5 Å². The number of pyridine rings is 1. The lowest BCUT2D eigenvalue weighted by molar-refractivity contribution is 0.373. The summed E-state index contributed by atoms with van der Waals surface area (Å²) in [5.74, 6) is 1.58. The monoisotopic (exact) mass is 292 g/mol. The molecule has 1 heterocycles. The standard InChI is InChI=1S/C15H17ClN2O2/c1-3-10-4-5-13(14(7-10)19-2)20-15-12(16)6-11(8-17)9-18-15/h4-7,9H,3,8,17H2,1-2H3. The highest BCUT2D eigenvalue weighted by Gasteiger charge is 2.10. The van der Waals surface area contributed by atoms with Gasteiger partial charge in [-0.05, 0) is 35.7 Å². The molecule has 1 aromatic heterocycles. The summed E-state index contributed by atoms with van der Waals surface area (Å²) in [6, 6.07) is 7.53. The minimum Gasteiger partial charge on any atom is -0.493 e. The van der Waals surface area contributed by atoms with E-state index >= 15 is 0 Å². The number of halogens is 1. The molecular weight excluding hydrogens is 276 g/mol. The van der Waals surface area contributed by atoms with Crippen LogP contribution in [0.4, 0.5) is 0 Å². The minimum atomic E-state index is 0.339. The molecule has 5 heteroatoms. The summed E-state index contributed by atoms with van der Waals surface area (Å²) in [6.45, 7) is 2.47. The van der Waals surface area contributed by atoms with Crippen LogP contribution in [0.1, 0.15) is 18.1 Å². The second kappa shape index (κ2) is 6.59. The van der Waals surface area contributed by atoms with Gasteiger partial charge in [-0.3, -0.25) is 0 Å². The van der Waals surface area contributed by atoms with Crippen molar-refractivity contribution in [3.05, 3.63) is 46.6 Å². The molecule has 0 unspecified atom stereocenters. The number of rotatable bonds is 5. The van der Waals surface area contributed by atoms with Crippen LogP contribution in [-0.4, -0.2) is 12.1 Å². The van der Waals surface area contributed by atoms with Crippen LogP contribution in [0.25, 0.3) is 0 Å². The van der Waals surface area contributed by atoms with Gasteiger partial charge < -0.3 is 15.2 Å². The number of methoxy groups -OCH3 is 1. The fraction of sp³-hybridized carbons (Fsp3) is 0.267. The Morgan fingerprint density at radius 2 is 2.00 bits per heavy atom. The first-order chi connectivity index (χ1) is 9.67. The number of hydrogen-bond acceptors (Lipinski definition) is 4. The normalized spacial score (nSPS) is 10.4. The topological polar surface area (TPSA) is 57.4 Å². The van der Waals surface area contributed by atoms with Crippen molar-refractivity contribution in [2.24, 2.45) is 5.73 Å². The van der Waals surface area contributed by atoms with Crippen LogP contribution >= 0.6 is 11.6 Å². The Labute approximate surface area is 123 Å². The number of aromatic nitrogens is 1. The fourth-order valence-electron chi connectivity index (χ4n) is 1.77. The average Bonchev–Trinajstić information content (AvgIpc) is 2.49. The molecule has 0 bridgehead atoms. The molecule has 0 aliphatic carbocycles. The van der Waals surface area contributed by atoms with E-state index < -0.39 is 0 Å². The van der Waals surface area contributed by atoms with Gasteiger partial charge in [0, 0.05) is 12.7 Å². The Bertz CT molecular complexity index is 602. The maximum absolute atomic E-state index is 6.13. The summed E-state index contributed by atoms with van der Waals surface area (Å²) in [5.41, 5.74) is 7.57. The summed E-state index contributed by atoms with van der Waals surface area (Å²) in [7, 11) is 1.61. The molecule has 0 radical (unpaired) electrons. The van der Waals surface area contributed by atoms with Crippen LogP contribution in [0, 0.1) is 0 Å². The molecule has 0 amide bonds. The van der Waals surface area contributed by atoms with E-state index in [0.29, 0.717) is 28.9 Å². The molecule has 2 aromatic rings. The van der Waals surface area contributed by atoms with Gasteiger partial charge in [-0.15, -0.1) is 0 Å². The summed E-state index contributed by atoms with van der Waals surface area (Å²) in [5, 5.41) is 0.426. The lowest BCUT2D eigenvalue weighted by Crippen LogP contribution is -1.99. The van der Waals surface area contributed by atoms with Crippen LogP contribution in [0.3, 0.4) is 0 Å². The first kappa shape index (κ1) is 14.6. The third kappa shape index (κ3) is 3.21. The number of ether oxygens (including phenoxy) is 2. The van der Waals surface area contributed by atoms with Gasteiger partial charge in [-0.25, -0.2) is 4.98 Å². The molecule has 0 spiro atoms. The largest absolute Gasteiger partial charge is 0.493 e. The molecule has 0 aliphatic heterocycles. The Morgan fingerprint density at radius 1 is 1.20 bits per heavy atom. The van der Waals surface area contributed by atoms with E-state index in [2.05, 4.69) is 11.9 Å². The molecule has 0 fully saturated rings. The van der Waals surface area contributed by atoms with Crippen LogP contribution in [0.2, 0.25) is 5.02 Å². The zero-order valence-electron chi connectivity index (χ0n) is 11.5. The second-order valence-corrected chi connectivity index (χ2v) is 4.68. The SMILES string of the molecule is CCc1ccc(Oc2ncc(CN)cc2Cl)c(OC)c1. The summed E-state index contributed by atoms with van der Waals surface area (Å²) in [6.07, 6.45) is 2.58. The van der Waals surface area contributed by atoms with Crippen molar-refractivity contribution in [2.45, 2.75) is 19.9 Å². The summed E-state index contributed by atoms with van der Waals surface area (Å²) < 4.78 is 11.1. The van der Waals surface area contributed by atoms with Crippen molar-refractivity contribution in [3.63, 3.8) is 0 Å². The fourth-order valence-corrected chi connectivity index (χ4v) is 2.00. The lowest BCUT2D eigenvalue weighted by atomic mass is 10.1. The highest BCUT2D eigenvalue weighted by molar-refractivity contribution is 6.31. The molecule has 2 rings (SSSR count). The van der Waals surface area contributed by atoms with Crippen LogP contribution < -0.4 is 15.2 Å². The van der Waals surface area contributed by atoms with E-state index in [-0.39, 0.29) is 0 Å². The predicted octanol–water partition coefficient (Wildman–Crippen LogP) is 3.56. The molecule has 0 atom stereocenters. The maximum atomic E-state index is 6.13. The number of aryl methyl sites for hydroxylation is 1. The van der Waals surface area contributed by atoms with Gasteiger partial charge in [0.1, 0.15) is 5.02 Å². The van der Waals surface area contributed by atoms with Crippen molar-refractivity contribution >= 4 is 11.6 Å². The third-order valence-electron chi connectivity index (χ3n) is 2.94. The van der Waals surface area contributed by atoms with Gasteiger partial charge in [0.25, 0.3) is 0 Å². The van der Waals surface area contributed by atoms with Crippen molar-refractivity contribution in [1.29, 1.82) is 0 Å². The Morgan fingerprint density at radius 3 is 2.60 bits per heavy atom. The highest BCUT2D eigenvalue weighted by Crippen LogP contribution is 2.34. The lowest BCUT2D eigenvalue weighted by Gasteiger charge is -2.12. The van der Waals surface area contributed by atoms with Gasteiger partial charge in [0.05, 0.1) is 7.11 Å². The van der Waals surface area contributed by atoms with E-state index in [9.17, 15) is 0 Å². The predicted molar refractivity (Wildman–Crippen MR) is 79.6 cm³/mol. The number of benzene rings is 1. The van der Waals surface area contributed by atoms with Crippen LogP contribution in [0.5, 0.6) is 17.4 Å². The summed E-state index contributed by atoms with van der Waals surface area (Å²) in [4.78, 5) is 4.17. The number of nitrogens with two attached hydrogens (primary N) is 1.